The number of nitrogens with one attached hydrogen (secondary N) is 2. The number of anilines is 2. The van der Waals surface area contributed by atoms with Crippen molar-refractivity contribution in [3.05, 3.63) is 12.3 Å². The Labute approximate surface area is 97.9 Å². The molecule has 2 atom stereocenters. The lowest BCUT2D eigenvalue weighted by molar-refractivity contribution is 0.483. The van der Waals surface area contributed by atoms with E-state index in [1.807, 2.05) is 13.1 Å². The fourth-order valence-electron chi connectivity index (χ4n) is 1.64. The minimum Gasteiger partial charge on any atom is -0.367 e. The second kappa shape index (κ2) is 6.30. The van der Waals surface area contributed by atoms with E-state index in [1.165, 1.54) is 6.42 Å². The molecular formula is C12H22N4. The van der Waals surface area contributed by atoms with E-state index in [-0.39, 0.29) is 0 Å². The Morgan fingerprint density at radius 1 is 1.38 bits per heavy atom. The summed E-state index contributed by atoms with van der Waals surface area (Å²) in [6.45, 7) is 6.69. The lowest BCUT2D eigenvalue weighted by Crippen LogP contribution is -2.19. The van der Waals surface area contributed by atoms with Crippen molar-refractivity contribution in [2.45, 2.75) is 39.7 Å². The van der Waals surface area contributed by atoms with Gasteiger partial charge in [0.15, 0.2) is 0 Å². The van der Waals surface area contributed by atoms with E-state index < -0.39 is 0 Å². The molecule has 0 spiro atoms. The van der Waals surface area contributed by atoms with Crippen LogP contribution in [-0.2, 0) is 0 Å². The Bertz CT molecular complexity index is 314. The van der Waals surface area contributed by atoms with Crippen LogP contribution < -0.4 is 10.6 Å². The van der Waals surface area contributed by atoms with Crippen molar-refractivity contribution >= 4 is 11.8 Å². The SMILES string of the molecule is CCC(C)CC(C)Nc1ccnc(NC)n1. The van der Waals surface area contributed by atoms with Crippen LogP contribution in [0.5, 0.6) is 0 Å². The molecule has 0 fully saturated rings. The first-order valence-corrected chi connectivity index (χ1v) is 5.93. The van der Waals surface area contributed by atoms with Gasteiger partial charge in [-0.3, -0.25) is 0 Å². The van der Waals surface area contributed by atoms with Crippen LogP contribution in [0.15, 0.2) is 12.3 Å². The Kier molecular flexibility index (Phi) is 5.02. The van der Waals surface area contributed by atoms with Crippen molar-refractivity contribution < 1.29 is 0 Å². The topological polar surface area (TPSA) is 49.8 Å². The van der Waals surface area contributed by atoms with Gasteiger partial charge < -0.3 is 10.6 Å². The van der Waals surface area contributed by atoms with E-state index >= 15 is 0 Å². The van der Waals surface area contributed by atoms with Crippen LogP contribution in [0, 0.1) is 5.92 Å². The fraction of sp³-hybridized carbons (Fsp3) is 0.667. The van der Waals surface area contributed by atoms with Gasteiger partial charge in [0, 0.05) is 19.3 Å². The van der Waals surface area contributed by atoms with E-state index in [4.69, 9.17) is 0 Å². The molecule has 2 N–H and O–H groups in total. The summed E-state index contributed by atoms with van der Waals surface area (Å²) in [5.74, 6) is 2.28. The van der Waals surface area contributed by atoms with Crippen molar-refractivity contribution in [3.8, 4) is 0 Å². The fourth-order valence-corrected chi connectivity index (χ4v) is 1.64. The largest absolute Gasteiger partial charge is 0.367 e. The Morgan fingerprint density at radius 2 is 2.12 bits per heavy atom. The molecule has 4 heteroatoms. The van der Waals surface area contributed by atoms with Gasteiger partial charge >= 0.3 is 0 Å². The minimum atomic E-state index is 0.439. The van der Waals surface area contributed by atoms with E-state index in [9.17, 15) is 0 Å². The third kappa shape index (κ3) is 4.04. The van der Waals surface area contributed by atoms with Gasteiger partial charge in [0.05, 0.1) is 0 Å². The smallest absolute Gasteiger partial charge is 0.224 e. The second-order valence-corrected chi connectivity index (χ2v) is 4.31. The molecule has 0 aliphatic carbocycles. The molecule has 1 aromatic rings. The summed E-state index contributed by atoms with van der Waals surface area (Å²) in [7, 11) is 1.82. The zero-order valence-electron chi connectivity index (χ0n) is 10.6. The van der Waals surface area contributed by atoms with E-state index in [2.05, 4.69) is 41.4 Å². The molecule has 4 nitrogen and oxygen atoms in total. The maximum atomic E-state index is 4.33. The number of rotatable bonds is 6. The third-order valence-corrected chi connectivity index (χ3v) is 2.73. The second-order valence-electron chi connectivity index (χ2n) is 4.31. The number of aromatic nitrogens is 2. The Morgan fingerprint density at radius 3 is 2.75 bits per heavy atom. The van der Waals surface area contributed by atoms with E-state index in [0.717, 1.165) is 18.2 Å². The minimum absolute atomic E-state index is 0.439. The molecule has 2 unspecified atom stereocenters. The highest BCUT2D eigenvalue weighted by Crippen LogP contribution is 2.13. The molecule has 0 amide bonds. The van der Waals surface area contributed by atoms with E-state index in [0.29, 0.717) is 12.0 Å². The van der Waals surface area contributed by atoms with Crippen molar-refractivity contribution in [1.29, 1.82) is 0 Å². The summed E-state index contributed by atoms with van der Waals surface area (Å²) in [5, 5.41) is 6.32. The molecule has 0 saturated heterocycles. The Hall–Kier alpha value is -1.32. The zero-order valence-corrected chi connectivity index (χ0v) is 10.6. The number of hydrogen-bond donors (Lipinski definition) is 2. The summed E-state index contributed by atoms with van der Waals surface area (Å²) in [6.07, 6.45) is 4.14. The molecule has 0 saturated carbocycles. The highest BCUT2D eigenvalue weighted by Gasteiger charge is 2.07. The lowest BCUT2D eigenvalue weighted by Gasteiger charge is -2.18. The first-order chi connectivity index (χ1) is 7.65. The molecule has 1 heterocycles. The highest BCUT2D eigenvalue weighted by molar-refractivity contribution is 5.39. The van der Waals surface area contributed by atoms with Crippen LogP contribution in [0.2, 0.25) is 0 Å². The first kappa shape index (κ1) is 12.7. The molecule has 0 aliphatic heterocycles. The molecule has 0 aliphatic rings. The average Bonchev–Trinajstić information content (AvgIpc) is 2.28. The standard InChI is InChI=1S/C12H22N4/c1-5-9(2)8-10(3)15-11-6-7-14-12(13-4)16-11/h6-7,9-10H,5,8H2,1-4H3,(H2,13,14,15,16). The van der Waals surface area contributed by atoms with Crippen molar-refractivity contribution in [2.24, 2.45) is 5.92 Å². The van der Waals surface area contributed by atoms with Gasteiger partial charge in [0.25, 0.3) is 0 Å². The highest BCUT2D eigenvalue weighted by atomic mass is 15.1. The normalized spacial score (nSPS) is 14.2. The van der Waals surface area contributed by atoms with Crippen LogP contribution in [0.25, 0.3) is 0 Å². The van der Waals surface area contributed by atoms with Crippen LogP contribution in [0.4, 0.5) is 11.8 Å². The maximum Gasteiger partial charge on any atom is 0.224 e. The summed E-state index contributed by atoms with van der Waals surface area (Å²) in [5.41, 5.74) is 0. The van der Waals surface area contributed by atoms with Crippen molar-refractivity contribution in [2.75, 3.05) is 17.7 Å². The third-order valence-electron chi connectivity index (χ3n) is 2.73. The summed E-state index contributed by atoms with van der Waals surface area (Å²) in [6, 6.07) is 2.34. The lowest BCUT2D eigenvalue weighted by atomic mass is 10.0. The predicted octanol–water partition coefficient (Wildman–Crippen LogP) is 2.75. The number of hydrogen-bond acceptors (Lipinski definition) is 4. The number of nitrogens with zero attached hydrogens (tertiary/aromatic N) is 2. The monoisotopic (exact) mass is 222 g/mol. The predicted molar refractivity (Wildman–Crippen MR) is 68.7 cm³/mol. The van der Waals surface area contributed by atoms with Crippen molar-refractivity contribution in [3.63, 3.8) is 0 Å². The van der Waals surface area contributed by atoms with Crippen LogP contribution in [0.1, 0.15) is 33.6 Å². The molecule has 1 rings (SSSR count). The molecule has 0 radical (unpaired) electrons. The summed E-state index contributed by atoms with van der Waals surface area (Å²) < 4.78 is 0. The van der Waals surface area contributed by atoms with Crippen LogP contribution >= 0.6 is 0 Å². The zero-order chi connectivity index (χ0) is 12.0. The molecule has 90 valence electrons. The van der Waals surface area contributed by atoms with Crippen LogP contribution in [-0.4, -0.2) is 23.1 Å². The summed E-state index contributed by atoms with van der Waals surface area (Å²) >= 11 is 0. The molecule has 1 aromatic heterocycles. The molecule has 16 heavy (non-hydrogen) atoms. The van der Waals surface area contributed by atoms with Crippen molar-refractivity contribution in [1.82, 2.24) is 9.97 Å². The van der Waals surface area contributed by atoms with Gasteiger partial charge in [-0.2, -0.15) is 4.98 Å². The van der Waals surface area contributed by atoms with E-state index in [1.54, 1.807) is 6.20 Å². The van der Waals surface area contributed by atoms with Gasteiger partial charge in [-0.05, 0) is 25.3 Å². The average molecular weight is 222 g/mol. The molecular weight excluding hydrogens is 200 g/mol. The summed E-state index contributed by atoms with van der Waals surface area (Å²) in [4.78, 5) is 8.41. The van der Waals surface area contributed by atoms with Gasteiger partial charge in [0.2, 0.25) is 5.95 Å². The maximum absolute atomic E-state index is 4.33. The van der Waals surface area contributed by atoms with Gasteiger partial charge in [0.1, 0.15) is 5.82 Å². The van der Waals surface area contributed by atoms with Gasteiger partial charge in [-0.15, -0.1) is 0 Å². The molecule has 0 bridgehead atoms. The van der Waals surface area contributed by atoms with Crippen LogP contribution in [0.3, 0.4) is 0 Å². The molecule has 0 aromatic carbocycles. The first-order valence-electron chi connectivity index (χ1n) is 5.93. The quantitative estimate of drug-likeness (QED) is 0.777. The van der Waals surface area contributed by atoms with Gasteiger partial charge in [-0.1, -0.05) is 20.3 Å². The Balaban J connectivity index is 2.51. The van der Waals surface area contributed by atoms with Gasteiger partial charge in [-0.25, -0.2) is 4.98 Å².